The summed E-state index contributed by atoms with van der Waals surface area (Å²) in [4.78, 5) is 8.90. The molecule has 3 nitrogen and oxygen atoms in total. The summed E-state index contributed by atoms with van der Waals surface area (Å²) in [6.45, 7) is 6.54. The summed E-state index contributed by atoms with van der Waals surface area (Å²) in [6, 6.07) is 0. The molecule has 0 amide bonds. The highest BCUT2D eigenvalue weighted by Gasteiger charge is 2.61. The maximum absolute atomic E-state index is 13.8. The first-order valence-corrected chi connectivity index (χ1v) is 8.03. The van der Waals surface area contributed by atoms with E-state index in [0.717, 1.165) is 31.0 Å². The molecule has 5 rings (SSSR count). The number of nitrogens with two attached hydrogens (primary N) is 1. The predicted molar refractivity (Wildman–Crippen MR) is 80.2 cm³/mol. The van der Waals surface area contributed by atoms with Gasteiger partial charge in [0, 0.05) is 5.41 Å². The van der Waals surface area contributed by atoms with Crippen LogP contribution in [-0.4, -0.2) is 9.97 Å². The third-order valence-electron chi connectivity index (χ3n) is 6.14. The third-order valence-corrected chi connectivity index (χ3v) is 6.14. The number of aromatic nitrogens is 2. The number of hydrogen-bond acceptors (Lipinski definition) is 3. The number of rotatable bonds is 1. The highest BCUT2D eigenvalue weighted by molar-refractivity contribution is 5.35. The lowest BCUT2D eigenvalue weighted by Gasteiger charge is -2.64. The summed E-state index contributed by atoms with van der Waals surface area (Å²) in [6.07, 6.45) is 7.41. The zero-order chi connectivity index (χ0) is 15.0. The molecule has 4 aliphatic rings. The second-order valence-corrected chi connectivity index (χ2v) is 8.74. The van der Waals surface area contributed by atoms with Gasteiger partial charge in [-0.15, -0.1) is 0 Å². The largest absolute Gasteiger partial charge is 0.381 e. The molecule has 4 heteroatoms. The van der Waals surface area contributed by atoms with Crippen LogP contribution in [0.4, 0.5) is 10.2 Å². The smallest absolute Gasteiger partial charge is 0.186 e. The van der Waals surface area contributed by atoms with Crippen LogP contribution in [-0.2, 0) is 5.41 Å². The van der Waals surface area contributed by atoms with E-state index in [1.807, 2.05) is 0 Å². The second-order valence-electron chi connectivity index (χ2n) is 8.74. The molecule has 4 fully saturated rings. The molecule has 4 bridgehead atoms. The summed E-state index contributed by atoms with van der Waals surface area (Å²) >= 11 is 0. The minimum atomic E-state index is -0.457. The lowest BCUT2D eigenvalue weighted by molar-refractivity contribution is -0.112. The number of anilines is 1. The van der Waals surface area contributed by atoms with Crippen molar-refractivity contribution in [3.05, 3.63) is 17.3 Å². The molecule has 2 N–H and O–H groups in total. The molecule has 114 valence electrons. The quantitative estimate of drug-likeness (QED) is 0.856. The number of hydrogen-bond donors (Lipinski definition) is 1. The first-order chi connectivity index (χ1) is 9.73. The Morgan fingerprint density at radius 1 is 1.05 bits per heavy atom. The Balaban J connectivity index is 1.84. The molecule has 1 aromatic rings. The number of nitrogen functional groups attached to an aromatic ring is 1. The van der Waals surface area contributed by atoms with Crippen LogP contribution in [0.2, 0.25) is 0 Å². The van der Waals surface area contributed by atoms with Crippen molar-refractivity contribution in [3.8, 4) is 0 Å². The Bertz CT molecular complexity index is 585. The normalized spacial score (nSPS) is 44.3. The summed E-state index contributed by atoms with van der Waals surface area (Å²) in [5, 5.41) is 0. The van der Waals surface area contributed by atoms with Gasteiger partial charge in [-0.25, -0.2) is 14.4 Å². The minimum absolute atomic E-state index is 0.0172. The van der Waals surface area contributed by atoms with Crippen molar-refractivity contribution >= 4 is 5.82 Å². The van der Waals surface area contributed by atoms with E-state index < -0.39 is 5.82 Å². The van der Waals surface area contributed by atoms with E-state index in [4.69, 9.17) is 5.73 Å². The molecule has 2 unspecified atom stereocenters. The monoisotopic (exact) mass is 289 g/mol. The lowest BCUT2D eigenvalue weighted by atomic mass is 9.40. The van der Waals surface area contributed by atoms with E-state index in [1.165, 1.54) is 19.3 Å². The average Bonchev–Trinajstić information content (AvgIpc) is 2.30. The molecule has 2 atom stereocenters. The van der Waals surface area contributed by atoms with Crippen molar-refractivity contribution in [1.29, 1.82) is 0 Å². The number of halogens is 1. The topological polar surface area (TPSA) is 51.8 Å². The fraction of sp³-hybridized carbons (Fsp3) is 0.765. The summed E-state index contributed by atoms with van der Waals surface area (Å²) in [5.74, 6) is 1.14. The van der Waals surface area contributed by atoms with E-state index in [9.17, 15) is 4.39 Å². The van der Waals surface area contributed by atoms with Crippen molar-refractivity contribution in [2.45, 2.75) is 64.7 Å². The summed E-state index contributed by atoms with van der Waals surface area (Å²) < 4.78 is 13.8. The van der Waals surface area contributed by atoms with Crippen molar-refractivity contribution < 1.29 is 4.39 Å². The maximum atomic E-state index is 13.8. The average molecular weight is 289 g/mol. The molecule has 1 aromatic heterocycles. The van der Waals surface area contributed by atoms with Gasteiger partial charge in [-0.3, -0.25) is 0 Å². The molecule has 0 radical (unpaired) electrons. The Morgan fingerprint density at radius 2 is 1.67 bits per heavy atom. The van der Waals surface area contributed by atoms with E-state index in [1.54, 1.807) is 6.92 Å². The van der Waals surface area contributed by atoms with Crippen LogP contribution in [0.25, 0.3) is 0 Å². The molecular formula is C17H24FN3. The number of nitrogens with zero attached hydrogens (tertiary/aromatic N) is 2. The van der Waals surface area contributed by atoms with Gasteiger partial charge in [-0.05, 0) is 62.2 Å². The highest BCUT2D eigenvalue weighted by atomic mass is 19.1. The standard InChI is InChI=1S/C17H24FN3/c1-10-12(18)13(19)21-14(20-10)17-6-11-4-15(2,8-17)7-16(3,5-11)9-17/h11H,4-9H2,1-3H3,(H2,19,20,21). The van der Waals surface area contributed by atoms with E-state index in [2.05, 4.69) is 23.8 Å². The molecule has 4 aliphatic carbocycles. The first-order valence-electron chi connectivity index (χ1n) is 8.03. The Morgan fingerprint density at radius 3 is 2.19 bits per heavy atom. The van der Waals surface area contributed by atoms with Crippen LogP contribution in [0.1, 0.15) is 63.9 Å². The number of aryl methyl sites for hydroxylation is 1. The predicted octanol–water partition coefficient (Wildman–Crippen LogP) is 3.75. The van der Waals surface area contributed by atoms with Gasteiger partial charge in [0.2, 0.25) is 0 Å². The first kappa shape index (κ1) is 13.5. The lowest BCUT2D eigenvalue weighted by Crippen LogP contribution is -2.57. The minimum Gasteiger partial charge on any atom is -0.381 e. The van der Waals surface area contributed by atoms with Gasteiger partial charge >= 0.3 is 0 Å². The SMILES string of the molecule is Cc1nc(C23CC4CC(C)(CC(C)(C4)C2)C3)nc(N)c1F. The van der Waals surface area contributed by atoms with Gasteiger partial charge in [-0.2, -0.15) is 0 Å². The Labute approximate surface area is 125 Å². The maximum Gasteiger partial charge on any atom is 0.186 e. The van der Waals surface area contributed by atoms with Crippen molar-refractivity contribution in [3.63, 3.8) is 0 Å². The zero-order valence-corrected chi connectivity index (χ0v) is 13.2. The van der Waals surface area contributed by atoms with Gasteiger partial charge in [0.05, 0.1) is 5.69 Å². The Kier molecular flexibility index (Phi) is 2.42. The van der Waals surface area contributed by atoms with Crippen molar-refractivity contribution in [2.75, 3.05) is 5.73 Å². The molecule has 0 aromatic carbocycles. The van der Waals surface area contributed by atoms with Crippen LogP contribution in [0, 0.1) is 29.5 Å². The summed E-state index contributed by atoms with van der Waals surface area (Å²) in [5.41, 5.74) is 6.99. The van der Waals surface area contributed by atoms with Gasteiger partial charge in [0.15, 0.2) is 11.6 Å². The Hall–Kier alpha value is -1.19. The third kappa shape index (κ3) is 1.84. The van der Waals surface area contributed by atoms with Crippen LogP contribution < -0.4 is 5.73 Å². The van der Waals surface area contributed by atoms with Crippen LogP contribution in [0.15, 0.2) is 0 Å². The molecule has 1 heterocycles. The van der Waals surface area contributed by atoms with Gasteiger partial charge in [-0.1, -0.05) is 13.8 Å². The van der Waals surface area contributed by atoms with E-state index >= 15 is 0 Å². The van der Waals surface area contributed by atoms with Gasteiger partial charge in [0.1, 0.15) is 5.82 Å². The van der Waals surface area contributed by atoms with Crippen LogP contribution in [0.3, 0.4) is 0 Å². The fourth-order valence-corrected chi connectivity index (χ4v) is 6.52. The van der Waals surface area contributed by atoms with Crippen molar-refractivity contribution in [1.82, 2.24) is 9.97 Å². The van der Waals surface area contributed by atoms with Gasteiger partial charge < -0.3 is 5.73 Å². The molecular weight excluding hydrogens is 265 g/mol. The molecule has 0 spiro atoms. The fourth-order valence-electron chi connectivity index (χ4n) is 6.52. The molecule has 21 heavy (non-hydrogen) atoms. The highest BCUT2D eigenvalue weighted by Crippen LogP contribution is 2.69. The van der Waals surface area contributed by atoms with Crippen molar-refractivity contribution in [2.24, 2.45) is 16.7 Å². The van der Waals surface area contributed by atoms with Crippen LogP contribution >= 0.6 is 0 Å². The second kappa shape index (κ2) is 3.76. The molecule has 0 saturated heterocycles. The zero-order valence-electron chi connectivity index (χ0n) is 13.2. The van der Waals surface area contributed by atoms with Crippen LogP contribution in [0.5, 0.6) is 0 Å². The van der Waals surface area contributed by atoms with E-state index in [0.29, 0.717) is 16.5 Å². The molecule has 4 saturated carbocycles. The molecule has 0 aliphatic heterocycles. The van der Waals surface area contributed by atoms with E-state index in [-0.39, 0.29) is 11.2 Å². The van der Waals surface area contributed by atoms with Gasteiger partial charge in [0.25, 0.3) is 0 Å². The summed E-state index contributed by atoms with van der Waals surface area (Å²) in [7, 11) is 0.